The van der Waals surface area contributed by atoms with Crippen LogP contribution >= 0.6 is 0 Å². The number of rotatable bonds is 4. The maximum Gasteiger partial charge on any atom is 0.416 e. The Morgan fingerprint density at radius 1 is 0.909 bits per heavy atom. The number of alkyl halides is 3. The fourth-order valence-electron chi connectivity index (χ4n) is 2.60. The maximum absolute atomic E-state index is 14.3. The van der Waals surface area contributed by atoms with Crippen molar-refractivity contribution in [2.45, 2.75) is 25.8 Å². The second-order valence-corrected chi connectivity index (χ2v) is 6.99. The highest BCUT2D eigenvalue weighted by atomic mass is 19.4. The molecule has 0 unspecified atom stereocenters. The molecule has 33 heavy (non-hydrogen) atoms. The summed E-state index contributed by atoms with van der Waals surface area (Å²) in [6.07, 6.45) is -4.40. The zero-order chi connectivity index (χ0) is 24.7. The van der Waals surface area contributed by atoms with Gasteiger partial charge in [-0.25, -0.2) is 22.8 Å². The molecule has 0 amide bonds. The molecule has 1 saturated heterocycles. The van der Waals surface area contributed by atoms with Gasteiger partial charge in [0.2, 0.25) is 5.82 Å². The van der Waals surface area contributed by atoms with Crippen LogP contribution in [0.2, 0.25) is 0 Å². The van der Waals surface area contributed by atoms with Crippen molar-refractivity contribution in [1.82, 2.24) is 0 Å². The first kappa shape index (κ1) is 23.9. The molecule has 0 aliphatic carbocycles. The van der Waals surface area contributed by atoms with E-state index in [1.165, 1.54) is 13.8 Å². The van der Waals surface area contributed by atoms with Gasteiger partial charge in [0.15, 0.2) is 34.5 Å². The van der Waals surface area contributed by atoms with Gasteiger partial charge in [-0.1, -0.05) is 0 Å². The van der Waals surface area contributed by atoms with E-state index in [2.05, 4.69) is 5.32 Å². The van der Waals surface area contributed by atoms with Crippen molar-refractivity contribution in [3.8, 4) is 11.5 Å². The summed E-state index contributed by atoms with van der Waals surface area (Å²) >= 11 is 0. The van der Waals surface area contributed by atoms with Crippen LogP contribution in [0.25, 0.3) is 0 Å². The fraction of sp³-hybridized carbons (Fsp3) is 0.200. The molecular weight excluding hydrogens is 467 g/mol. The lowest BCUT2D eigenvalue weighted by Gasteiger charge is -2.29. The number of carbonyl (C=O) groups excluding carboxylic acids is 2. The van der Waals surface area contributed by atoms with Crippen LogP contribution in [-0.4, -0.2) is 17.7 Å². The van der Waals surface area contributed by atoms with Crippen LogP contribution in [0.1, 0.15) is 19.4 Å². The van der Waals surface area contributed by atoms with Gasteiger partial charge in [-0.15, -0.1) is 0 Å². The van der Waals surface area contributed by atoms with Crippen LogP contribution in [0.15, 0.2) is 36.0 Å². The number of hydrogen-bond donors (Lipinski definition) is 1. The normalized spacial score (nSPS) is 15.6. The average Bonchev–Trinajstić information content (AvgIpc) is 2.66. The molecule has 0 aromatic heterocycles. The molecule has 1 fully saturated rings. The molecule has 0 radical (unpaired) electrons. The lowest BCUT2D eigenvalue weighted by molar-refractivity contribution is -0.222. The van der Waals surface area contributed by atoms with Crippen molar-refractivity contribution in [3.63, 3.8) is 0 Å². The highest BCUT2D eigenvalue weighted by Gasteiger charge is 2.39. The Morgan fingerprint density at radius 3 is 1.97 bits per heavy atom. The minimum absolute atomic E-state index is 0.0967. The Labute approximate surface area is 180 Å². The molecule has 0 spiro atoms. The average molecular weight is 479 g/mol. The quantitative estimate of drug-likeness (QED) is 0.282. The fourth-order valence-corrected chi connectivity index (χ4v) is 2.60. The van der Waals surface area contributed by atoms with E-state index in [1.54, 1.807) is 0 Å². The Hall–Kier alpha value is -3.77. The summed E-state index contributed by atoms with van der Waals surface area (Å²) in [6.45, 7) is 2.56. The lowest BCUT2D eigenvalue weighted by Crippen LogP contribution is -2.42. The maximum atomic E-state index is 14.3. The van der Waals surface area contributed by atoms with E-state index in [4.69, 9.17) is 14.2 Å². The molecule has 176 valence electrons. The van der Waals surface area contributed by atoms with E-state index >= 15 is 0 Å². The molecule has 6 nitrogen and oxygen atoms in total. The number of hydrogen-bond acceptors (Lipinski definition) is 6. The number of esters is 2. The summed E-state index contributed by atoms with van der Waals surface area (Å²) in [5, 5.41) is 2.21. The second-order valence-electron chi connectivity index (χ2n) is 6.99. The molecule has 1 aliphatic rings. The van der Waals surface area contributed by atoms with Gasteiger partial charge in [-0.05, 0) is 24.3 Å². The molecule has 0 bridgehead atoms. The number of benzene rings is 2. The molecule has 3 rings (SSSR count). The van der Waals surface area contributed by atoms with Gasteiger partial charge in [-0.3, -0.25) is 0 Å². The third kappa shape index (κ3) is 5.02. The number of nitrogens with one attached hydrogen (secondary N) is 1. The summed E-state index contributed by atoms with van der Waals surface area (Å²) in [7, 11) is 0. The number of cyclic esters (lactones) is 2. The summed E-state index contributed by atoms with van der Waals surface area (Å²) in [5.74, 6) is -13.5. The predicted octanol–water partition coefficient (Wildman–Crippen LogP) is 5.19. The standard InChI is InChI=1S/C20H12F7NO5/c1-19(2)32-17(29)9(18(30)33-19)7-28-13-4-3-10(21)14(24)16(13)31-15-11(22)5-8(6-12(15)23)20(25,26)27/h3-7,28H,1-2H3. The number of halogens is 7. The van der Waals surface area contributed by atoms with E-state index < -0.39 is 75.5 Å². The Morgan fingerprint density at radius 2 is 1.45 bits per heavy atom. The summed E-state index contributed by atoms with van der Waals surface area (Å²) in [5.41, 5.74) is -2.92. The topological polar surface area (TPSA) is 73.9 Å². The molecule has 0 atom stereocenters. The van der Waals surface area contributed by atoms with Crippen molar-refractivity contribution >= 4 is 17.6 Å². The van der Waals surface area contributed by atoms with Crippen molar-refractivity contribution in [1.29, 1.82) is 0 Å². The minimum atomic E-state index is -5.08. The van der Waals surface area contributed by atoms with Crippen LogP contribution in [0, 0.1) is 23.3 Å². The van der Waals surface area contributed by atoms with Crippen LogP contribution in [0.3, 0.4) is 0 Å². The van der Waals surface area contributed by atoms with E-state index in [-0.39, 0.29) is 12.1 Å². The van der Waals surface area contributed by atoms with Crippen LogP contribution < -0.4 is 10.1 Å². The second kappa shape index (κ2) is 8.30. The third-order valence-corrected chi connectivity index (χ3v) is 4.07. The van der Waals surface area contributed by atoms with Crippen LogP contribution in [-0.2, 0) is 25.2 Å². The Balaban J connectivity index is 1.98. The predicted molar refractivity (Wildman–Crippen MR) is 95.8 cm³/mol. The van der Waals surface area contributed by atoms with Crippen LogP contribution in [0.5, 0.6) is 11.5 Å². The highest BCUT2D eigenvalue weighted by Crippen LogP contribution is 2.39. The van der Waals surface area contributed by atoms with E-state index in [9.17, 15) is 40.3 Å². The Bertz CT molecular complexity index is 1130. The monoisotopic (exact) mass is 479 g/mol. The molecular formula is C20H12F7NO5. The number of carbonyl (C=O) groups is 2. The highest BCUT2D eigenvalue weighted by molar-refractivity contribution is 6.15. The first-order chi connectivity index (χ1) is 15.2. The number of anilines is 1. The summed E-state index contributed by atoms with van der Waals surface area (Å²) in [4.78, 5) is 23.9. The van der Waals surface area contributed by atoms with Gasteiger partial charge >= 0.3 is 18.1 Å². The van der Waals surface area contributed by atoms with Gasteiger partial charge in [-0.2, -0.15) is 17.6 Å². The zero-order valence-electron chi connectivity index (χ0n) is 16.6. The molecule has 0 saturated carbocycles. The zero-order valence-corrected chi connectivity index (χ0v) is 16.6. The first-order valence-electron chi connectivity index (χ1n) is 8.85. The van der Waals surface area contributed by atoms with E-state index in [0.717, 1.165) is 6.07 Å². The van der Waals surface area contributed by atoms with Gasteiger partial charge in [0, 0.05) is 20.0 Å². The summed E-state index contributed by atoms with van der Waals surface area (Å²) < 4.78 is 109. The van der Waals surface area contributed by atoms with Gasteiger partial charge in [0.25, 0.3) is 5.79 Å². The van der Waals surface area contributed by atoms with E-state index in [1.807, 2.05) is 0 Å². The lowest BCUT2D eigenvalue weighted by atomic mass is 10.2. The molecule has 1 heterocycles. The molecule has 2 aromatic carbocycles. The molecule has 13 heteroatoms. The van der Waals surface area contributed by atoms with Gasteiger partial charge in [0.05, 0.1) is 11.3 Å². The largest absolute Gasteiger partial charge is 0.446 e. The first-order valence-corrected chi connectivity index (χ1v) is 8.85. The minimum Gasteiger partial charge on any atom is -0.446 e. The van der Waals surface area contributed by atoms with Crippen LogP contribution in [0.4, 0.5) is 36.4 Å². The van der Waals surface area contributed by atoms with Crippen molar-refractivity contribution in [2.75, 3.05) is 5.32 Å². The van der Waals surface area contributed by atoms with Crippen molar-refractivity contribution < 1.29 is 54.5 Å². The van der Waals surface area contributed by atoms with Gasteiger partial charge < -0.3 is 19.5 Å². The van der Waals surface area contributed by atoms with E-state index in [0.29, 0.717) is 12.3 Å². The molecule has 1 N–H and O–H groups in total. The van der Waals surface area contributed by atoms with Gasteiger partial charge in [0.1, 0.15) is 0 Å². The molecule has 1 aliphatic heterocycles. The van der Waals surface area contributed by atoms with Crippen molar-refractivity contribution in [2.24, 2.45) is 0 Å². The Kier molecular flexibility index (Phi) is 6.00. The summed E-state index contributed by atoms with van der Waals surface area (Å²) in [6, 6.07) is 1.19. The third-order valence-electron chi connectivity index (χ3n) is 4.07. The smallest absolute Gasteiger partial charge is 0.416 e. The van der Waals surface area contributed by atoms with Crippen molar-refractivity contribution in [3.05, 3.63) is 64.9 Å². The number of ether oxygens (including phenoxy) is 3. The SMILES string of the molecule is CC1(C)OC(=O)C(=CNc2ccc(F)c(F)c2Oc2c(F)cc(C(F)(F)F)cc2F)C(=O)O1. The molecule has 2 aromatic rings.